The standard InChI is InChI=1S/C22H34N2O3/c1-3-5-7-18-9-11-20(12-10-18)22(26)24(15-13-21(25)27-4-2)17-19-8-6-14-23-16-19/h6,8,14,16,18,20H,3-5,7,9-13,15,17H2,1-2H3. The average molecular weight is 375 g/mol. The van der Waals surface area contributed by atoms with Crippen molar-refractivity contribution in [1.29, 1.82) is 0 Å². The lowest BCUT2D eigenvalue weighted by Gasteiger charge is -2.32. The quantitative estimate of drug-likeness (QED) is 0.571. The zero-order chi connectivity index (χ0) is 19.5. The number of rotatable bonds is 10. The van der Waals surface area contributed by atoms with Crippen LogP contribution >= 0.6 is 0 Å². The third-order valence-corrected chi connectivity index (χ3v) is 5.46. The van der Waals surface area contributed by atoms with Gasteiger partial charge in [0.05, 0.1) is 13.0 Å². The summed E-state index contributed by atoms with van der Waals surface area (Å²) in [6.45, 7) is 5.31. The zero-order valence-electron chi connectivity index (χ0n) is 16.9. The van der Waals surface area contributed by atoms with Gasteiger partial charge in [0.25, 0.3) is 0 Å². The number of hydrogen-bond donors (Lipinski definition) is 0. The number of esters is 1. The monoisotopic (exact) mass is 374 g/mol. The first kappa shape index (κ1) is 21.4. The van der Waals surface area contributed by atoms with Crippen molar-refractivity contribution in [2.45, 2.75) is 71.8 Å². The van der Waals surface area contributed by atoms with E-state index in [9.17, 15) is 9.59 Å². The van der Waals surface area contributed by atoms with E-state index in [0.717, 1.165) is 37.2 Å². The highest BCUT2D eigenvalue weighted by atomic mass is 16.5. The van der Waals surface area contributed by atoms with Gasteiger partial charge < -0.3 is 9.64 Å². The number of aromatic nitrogens is 1. The van der Waals surface area contributed by atoms with Gasteiger partial charge in [-0.15, -0.1) is 0 Å². The fraction of sp³-hybridized carbons (Fsp3) is 0.682. The Kier molecular flexibility index (Phi) is 9.29. The van der Waals surface area contributed by atoms with Crippen LogP contribution in [0, 0.1) is 11.8 Å². The van der Waals surface area contributed by atoms with Gasteiger partial charge >= 0.3 is 5.97 Å². The molecule has 0 spiro atoms. The van der Waals surface area contributed by atoms with Crippen LogP contribution in [0.5, 0.6) is 0 Å². The van der Waals surface area contributed by atoms with Crippen LogP contribution in [-0.4, -0.2) is 34.9 Å². The Morgan fingerprint density at radius 3 is 2.63 bits per heavy atom. The number of pyridine rings is 1. The highest BCUT2D eigenvalue weighted by Gasteiger charge is 2.29. The van der Waals surface area contributed by atoms with Gasteiger partial charge in [-0.1, -0.05) is 32.3 Å². The second-order valence-corrected chi connectivity index (χ2v) is 7.54. The molecule has 0 N–H and O–H groups in total. The topological polar surface area (TPSA) is 59.5 Å². The second kappa shape index (κ2) is 11.7. The van der Waals surface area contributed by atoms with E-state index in [4.69, 9.17) is 4.74 Å². The van der Waals surface area contributed by atoms with E-state index >= 15 is 0 Å². The summed E-state index contributed by atoms with van der Waals surface area (Å²) in [5.41, 5.74) is 0.992. The third kappa shape index (κ3) is 7.31. The normalized spacial score (nSPS) is 19.5. The van der Waals surface area contributed by atoms with Crippen molar-refractivity contribution in [2.24, 2.45) is 11.8 Å². The molecule has 1 aliphatic carbocycles. The minimum atomic E-state index is -0.246. The zero-order valence-corrected chi connectivity index (χ0v) is 16.9. The molecule has 1 aromatic heterocycles. The van der Waals surface area contributed by atoms with Crippen molar-refractivity contribution in [3.63, 3.8) is 0 Å². The summed E-state index contributed by atoms with van der Waals surface area (Å²) in [6, 6.07) is 3.85. The molecule has 27 heavy (non-hydrogen) atoms. The van der Waals surface area contributed by atoms with E-state index in [0.29, 0.717) is 19.7 Å². The van der Waals surface area contributed by atoms with Crippen LogP contribution in [-0.2, 0) is 20.9 Å². The summed E-state index contributed by atoms with van der Waals surface area (Å²) >= 11 is 0. The predicted molar refractivity (Wildman–Crippen MR) is 106 cm³/mol. The minimum absolute atomic E-state index is 0.0849. The van der Waals surface area contributed by atoms with Gasteiger partial charge in [0.15, 0.2) is 0 Å². The maximum absolute atomic E-state index is 13.1. The van der Waals surface area contributed by atoms with Crippen LogP contribution in [0.4, 0.5) is 0 Å². The second-order valence-electron chi connectivity index (χ2n) is 7.54. The van der Waals surface area contributed by atoms with Gasteiger partial charge in [0.1, 0.15) is 0 Å². The number of amides is 1. The molecular formula is C22H34N2O3. The first-order chi connectivity index (χ1) is 13.1. The lowest BCUT2D eigenvalue weighted by Crippen LogP contribution is -2.38. The number of ether oxygens (including phenoxy) is 1. The molecule has 2 rings (SSSR count). The first-order valence-corrected chi connectivity index (χ1v) is 10.5. The fourth-order valence-corrected chi connectivity index (χ4v) is 3.89. The van der Waals surface area contributed by atoms with Gasteiger partial charge in [0, 0.05) is 31.4 Å². The molecule has 1 aromatic rings. The van der Waals surface area contributed by atoms with E-state index in [2.05, 4.69) is 11.9 Å². The largest absolute Gasteiger partial charge is 0.466 e. The Balaban J connectivity index is 1.94. The molecule has 0 saturated heterocycles. The maximum atomic E-state index is 13.1. The Labute approximate surface area is 163 Å². The number of carbonyl (C=O) groups is 2. The number of nitrogens with zero attached hydrogens (tertiary/aromatic N) is 2. The minimum Gasteiger partial charge on any atom is -0.466 e. The summed E-state index contributed by atoms with van der Waals surface area (Å²) in [6.07, 6.45) is 11.8. The SMILES string of the molecule is CCCCC1CCC(C(=O)N(CCC(=O)OCC)Cc2cccnc2)CC1. The van der Waals surface area contributed by atoms with E-state index in [1.807, 2.05) is 17.0 Å². The van der Waals surface area contributed by atoms with Crippen molar-refractivity contribution >= 4 is 11.9 Å². The van der Waals surface area contributed by atoms with Gasteiger partial charge in [-0.3, -0.25) is 14.6 Å². The van der Waals surface area contributed by atoms with Crippen molar-refractivity contribution in [3.05, 3.63) is 30.1 Å². The van der Waals surface area contributed by atoms with Crippen molar-refractivity contribution in [3.8, 4) is 0 Å². The fourth-order valence-electron chi connectivity index (χ4n) is 3.89. The first-order valence-electron chi connectivity index (χ1n) is 10.5. The van der Waals surface area contributed by atoms with E-state index in [-0.39, 0.29) is 24.2 Å². The summed E-state index contributed by atoms with van der Waals surface area (Å²) in [7, 11) is 0. The Hall–Kier alpha value is -1.91. The molecule has 1 heterocycles. The van der Waals surface area contributed by atoms with Crippen LogP contribution in [0.1, 0.15) is 70.8 Å². The molecule has 150 valence electrons. The molecule has 0 atom stereocenters. The van der Waals surface area contributed by atoms with Crippen LogP contribution in [0.2, 0.25) is 0 Å². The molecule has 5 heteroatoms. The highest BCUT2D eigenvalue weighted by molar-refractivity contribution is 5.79. The maximum Gasteiger partial charge on any atom is 0.307 e. The summed E-state index contributed by atoms with van der Waals surface area (Å²) in [5, 5.41) is 0. The third-order valence-electron chi connectivity index (χ3n) is 5.46. The van der Waals surface area contributed by atoms with E-state index in [1.54, 1.807) is 19.3 Å². The molecular weight excluding hydrogens is 340 g/mol. The van der Waals surface area contributed by atoms with Gasteiger partial charge in [-0.25, -0.2) is 0 Å². The number of hydrogen-bond acceptors (Lipinski definition) is 4. The van der Waals surface area contributed by atoms with E-state index < -0.39 is 0 Å². The van der Waals surface area contributed by atoms with E-state index in [1.165, 1.54) is 19.3 Å². The van der Waals surface area contributed by atoms with Crippen LogP contribution < -0.4 is 0 Å². The highest BCUT2D eigenvalue weighted by Crippen LogP contribution is 2.33. The number of carbonyl (C=O) groups excluding carboxylic acids is 2. The molecule has 5 nitrogen and oxygen atoms in total. The smallest absolute Gasteiger partial charge is 0.307 e. The molecule has 1 aliphatic rings. The Morgan fingerprint density at radius 2 is 2.00 bits per heavy atom. The molecule has 0 aromatic carbocycles. The van der Waals surface area contributed by atoms with Crippen molar-refractivity contribution in [2.75, 3.05) is 13.2 Å². The van der Waals surface area contributed by atoms with Crippen molar-refractivity contribution in [1.82, 2.24) is 9.88 Å². The van der Waals surface area contributed by atoms with Gasteiger partial charge in [0.2, 0.25) is 5.91 Å². The van der Waals surface area contributed by atoms with Gasteiger partial charge in [-0.05, 0) is 50.2 Å². The lowest BCUT2D eigenvalue weighted by atomic mass is 9.79. The van der Waals surface area contributed by atoms with Crippen molar-refractivity contribution < 1.29 is 14.3 Å². The molecule has 0 radical (unpaired) electrons. The lowest BCUT2D eigenvalue weighted by molar-refractivity contribution is -0.145. The molecule has 0 unspecified atom stereocenters. The molecule has 0 bridgehead atoms. The summed E-state index contributed by atoms with van der Waals surface area (Å²) in [5.74, 6) is 0.795. The molecule has 1 saturated carbocycles. The van der Waals surface area contributed by atoms with Crippen LogP contribution in [0.25, 0.3) is 0 Å². The van der Waals surface area contributed by atoms with Gasteiger partial charge in [-0.2, -0.15) is 0 Å². The number of unbranched alkanes of at least 4 members (excludes halogenated alkanes) is 1. The average Bonchev–Trinajstić information content (AvgIpc) is 2.70. The summed E-state index contributed by atoms with van der Waals surface area (Å²) in [4.78, 5) is 30.9. The summed E-state index contributed by atoms with van der Waals surface area (Å²) < 4.78 is 5.03. The van der Waals surface area contributed by atoms with Crippen LogP contribution in [0.3, 0.4) is 0 Å². The molecule has 1 amide bonds. The molecule has 1 fully saturated rings. The Bertz CT molecular complexity index is 568. The Morgan fingerprint density at radius 1 is 1.22 bits per heavy atom. The predicted octanol–water partition coefficient (Wildman–Crippen LogP) is 4.36. The molecule has 0 aliphatic heterocycles. The van der Waals surface area contributed by atoms with Crippen LogP contribution in [0.15, 0.2) is 24.5 Å².